The number of carbonyl (C=O) groups is 1. The van der Waals surface area contributed by atoms with Crippen molar-refractivity contribution in [2.45, 2.75) is 30.7 Å². The predicted molar refractivity (Wildman–Crippen MR) is 114 cm³/mol. The summed E-state index contributed by atoms with van der Waals surface area (Å²) < 4.78 is 0. The van der Waals surface area contributed by atoms with Crippen LogP contribution in [0.2, 0.25) is 0 Å². The van der Waals surface area contributed by atoms with Crippen LogP contribution >= 0.6 is 11.8 Å². The van der Waals surface area contributed by atoms with E-state index in [9.17, 15) is 4.79 Å². The minimum Gasteiger partial charge on any atom is -0.356 e. The van der Waals surface area contributed by atoms with Gasteiger partial charge in [-0.25, -0.2) is 4.99 Å². The molecule has 1 unspecified atom stereocenters. The molecule has 0 bridgehead atoms. The Labute approximate surface area is 167 Å². The summed E-state index contributed by atoms with van der Waals surface area (Å²) >= 11 is 1.81. The predicted octanol–water partition coefficient (Wildman–Crippen LogP) is 1.89. The van der Waals surface area contributed by atoms with Gasteiger partial charge in [0.25, 0.3) is 0 Å². The van der Waals surface area contributed by atoms with Crippen LogP contribution in [0, 0.1) is 0 Å². The molecule has 1 saturated heterocycles. The highest BCUT2D eigenvalue weighted by molar-refractivity contribution is 7.99. The van der Waals surface area contributed by atoms with Crippen LogP contribution in [0.1, 0.15) is 19.8 Å². The Bertz CT molecular complexity index is 593. The lowest BCUT2D eigenvalue weighted by Gasteiger charge is -2.24. The average molecular weight is 392 g/mol. The number of nitrogens with one attached hydrogen (secondary N) is 2. The van der Waals surface area contributed by atoms with E-state index in [0.717, 1.165) is 31.3 Å². The van der Waals surface area contributed by atoms with Crippen molar-refractivity contribution < 1.29 is 4.79 Å². The summed E-state index contributed by atoms with van der Waals surface area (Å²) in [5, 5.41) is 6.81. The number of likely N-dealkylation sites (tertiary alicyclic amines) is 1. The zero-order chi connectivity index (χ0) is 19.5. The first-order valence-corrected chi connectivity index (χ1v) is 10.7. The highest BCUT2D eigenvalue weighted by Crippen LogP contribution is 2.16. The topological polar surface area (TPSA) is 60.0 Å². The van der Waals surface area contributed by atoms with Crippen LogP contribution in [-0.2, 0) is 4.79 Å². The molecule has 2 N–H and O–H groups in total. The third kappa shape index (κ3) is 7.81. The lowest BCUT2D eigenvalue weighted by atomic mass is 10.2. The summed E-state index contributed by atoms with van der Waals surface area (Å²) in [7, 11) is 3.51. The first-order valence-electron chi connectivity index (χ1n) is 9.74. The monoisotopic (exact) mass is 391 g/mol. The van der Waals surface area contributed by atoms with Crippen molar-refractivity contribution in [3.8, 4) is 0 Å². The molecule has 1 aliphatic heterocycles. The molecular formula is C20H33N5OS. The van der Waals surface area contributed by atoms with Gasteiger partial charge in [-0.3, -0.25) is 9.69 Å². The number of hydrogen-bond donors (Lipinski definition) is 2. The van der Waals surface area contributed by atoms with Crippen LogP contribution in [0.3, 0.4) is 0 Å². The van der Waals surface area contributed by atoms with E-state index in [0.29, 0.717) is 6.04 Å². The second-order valence-electron chi connectivity index (χ2n) is 6.85. The van der Waals surface area contributed by atoms with Gasteiger partial charge in [-0.1, -0.05) is 25.1 Å². The maximum atomic E-state index is 11.9. The van der Waals surface area contributed by atoms with Gasteiger partial charge in [-0.05, 0) is 38.1 Å². The molecule has 150 valence electrons. The van der Waals surface area contributed by atoms with Gasteiger partial charge in [0.15, 0.2) is 5.96 Å². The summed E-state index contributed by atoms with van der Waals surface area (Å²) in [4.78, 5) is 21.7. The number of guanidine groups is 1. The fourth-order valence-electron chi connectivity index (χ4n) is 3.07. The maximum Gasteiger partial charge on any atom is 0.243 e. The van der Waals surface area contributed by atoms with Crippen molar-refractivity contribution in [1.82, 2.24) is 20.4 Å². The molecule has 0 radical (unpaired) electrons. The number of aliphatic imine (C=N–C) groups is 1. The minimum atomic E-state index is 0.00538. The Balaban J connectivity index is 1.82. The van der Waals surface area contributed by atoms with Crippen LogP contribution in [0.4, 0.5) is 0 Å². The van der Waals surface area contributed by atoms with Gasteiger partial charge in [0.1, 0.15) is 6.54 Å². The maximum absolute atomic E-state index is 11.9. The van der Waals surface area contributed by atoms with E-state index in [1.807, 2.05) is 17.8 Å². The Morgan fingerprint density at radius 1 is 1.30 bits per heavy atom. The van der Waals surface area contributed by atoms with Crippen LogP contribution in [-0.4, -0.2) is 80.3 Å². The Hall–Kier alpha value is -1.73. The second-order valence-corrected chi connectivity index (χ2v) is 8.02. The largest absolute Gasteiger partial charge is 0.356 e. The number of amides is 1. The molecule has 0 aliphatic carbocycles. The molecule has 2 rings (SSSR count). The summed E-state index contributed by atoms with van der Waals surface area (Å²) in [6.45, 7) is 6.29. The van der Waals surface area contributed by atoms with Gasteiger partial charge in [0, 0.05) is 43.9 Å². The molecule has 1 aromatic carbocycles. The van der Waals surface area contributed by atoms with Crippen LogP contribution < -0.4 is 10.6 Å². The van der Waals surface area contributed by atoms with Crippen molar-refractivity contribution in [3.05, 3.63) is 30.3 Å². The number of carbonyl (C=O) groups excluding carboxylic acids is 1. The highest BCUT2D eigenvalue weighted by atomic mass is 32.2. The number of benzene rings is 1. The van der Waals surface area contributed by atoms with Crippen LogP contribution in [0.15, 0.2) is 40.2 Å². The van der Waals surface area contributed by atoms with Gasteiger partial charge in [0.05, 0.1) is 0 Å². The summed E-state index contributed by atoms with van der Waals surface area (Å²) in [5.41, 5.74) is 0. The second kappa shape index (κ2) is 11.9. The fraction of sp³-hybridized carbons (Fsp3) is 0.600. The molecule has 6 nitrogen and oxygen atoms in total. The lowest BCUT2D eigenvalue weighted by molar-refractivity contribution is -0.127. The molecular weight excluding hydrogens is 358 g/mol. The number of hydrogen-bond acceptors (Lipinski definition) is 4. The molecule has 1 amide bonds. The SMILES string of the molecule is CCN1CCCC1CNC(=NCC(=O)N(C)C)NCCSc1ccccc1. The van der Waals surface area contributed by atoms with Gasteiger partial charge < -0.3 is 15.5 Å². The normalized spacial score (nSPS) is 17.7. The van der Waals surface area contributed by atoms with Gasteiger partial charge in [-0.15, -0.1) is 11.8 Å². The standard InChI is InChI=1S/C20H33N5OS/c1-4-25-13-8-9-17(25)15-22-20(23-16-19(26)24(2)3)21-12-14-27-18-10-6-5-7-11-18/h5-7,10-11,17H,4,8-9,12-16H2,1-3H3,(H2,21,22,23). The van der Waals surface area contributed by atoms with Crippen molar-refractivity contribution in [2.75, 3.05) is 52.6 Å². The first kappa shape index (κ1) is 21.6. The number of thioether (sulfide) groups is 1. The number of likely N-dealkylation sites (N-methyl/N-ethyl adjacent to an activating group) is 2. The molecule has 7 heteroatoms. The van der Waals surface area contributed by atoms with E-state index in [2.05, 4.69) is 51.7 Å². The molecule has 0 aromatic heterocycles. The van der Waals surface area contributed by atoms with E-state index >= 15 is 0 Å². The number of nitrogens with zero attached hydrogens (tertiary/aromatic N) is 3. The van der Waals surface area contributed by atoms with E-state index in [4.69, 9.17) is 0 Å². The van der Waals surface area contributed by atoms with Crippen molar-refractivity contribution in [1.29, 1.82) is 0 Å². The van der Waals surface area contributed by atoms with E-state index in [1.165, 1.54) is 24.3 Å². The summed E-state index contributed by atoms with van der Waals surface area (Å²) in [6.07, 6.45) is 2.47. The highest BCUT2D eigenvalue weighted by Gasteiger charge is 2.22. The van der Waals surface area contributed by atoms with Crippen molar-refractivity contribution in [2.24, 2.45) is 4.99 Å². The van der Waals surface area contributed by atoms with Gasteiger partial charge in [0.2, 0.25) is 5.91 Å². The van der Waals surface area contributed by atoms with Crippen molar-refractivity contribution in [3.63, 3.8) is 0 Å². The zero-order valence-electron chi connectivity index (χ0n) is 16.8. The fourth-order valence-corrected chi connectivity index (χ4v) is 3.86. The van der Waals surface area contributed by atoms with E-state index < -0.39 is 0 Å². The minimum absolute atomic E-state index is 0.00538. The summed E-state index contributed by atoms with van der Waals surface area (Å²) in [5.74, 6) is 1.67. The molecule has 27 heavy (non-hydrogen) atoms. The van der Waals surface area contributed by atoms with Crippen LogP contribution in [0.5, 0.6) is 0 Å². The van der Waals surface area contributed by atoms with E-state index in [-0.39, 0.29) is 12.5 Å². The Morgan fingerprint density at radius 3 is 2.78 bits per heavy atom. The first-order chi connectivity index (χ1) is 13.1. The molecule has 1 aliphatic rings. The molecule has 0 saturated carbocycles. The van der Waals surface area contributed by atoms with Crippen LogP contribution in [0.25, 0.3) is 0 Å². The molecule has 1 aromatic rings. The van der Waals surface area contributed by atoms with Gasteiger partial charge in [-0.2, -0.15) is 0 Å². The molecule has 1 fully saturated rings. The molecule has 1 heterocycles. The number of rotatable bonds is 9. The Morgan fingerprint density at radius 2 is 2.07 bits per heavy atom. The molecule has 1 atom stereocenters. The third-order valence-electron chi connectivity index (χ3n) is 4.69. The quantitative estimate of drug-likeness (QED) is 0.291. The van der Waals surface area contributed by atoms with Gasteiger partial charge >= 0.3 is 0 Å². The molecule has 0 spiro atoms. The summed E-state index contributed by atoms with van der Waals surface area (Å²) in [6, 6.07) is 10.9. The van der Waals surface area contributed by atoms with Crippen molar-refractivity contribution >= 4 is 23.6 Å². The smallest absolute Gasteiger partial charge is 0.243 e. The Kier molecular flexibility index (Phi) is 9.48. The average Bonchev–Trinajstić information content (AvgIpc) is 3.14. The zero-order valence-corrected chi connectivity index (χ0v) is 17.6. The lowest BCUT2D eigenvalue weighted by Crippen LogP contribution is -2.45. The third-order valence-corrected chi connectivity index (χ3v) is 5.70. The van der Waals surface area contributed by atoms with E-state index in [1.54, 1.807) is 19.0 Å².